The van der Waals surface area contributed by atoms with Crippen LogP contribution in [0.3, 0.4) is 0 Å². The Morgan fingerprint density at radius 3 is 2.00 bits per heavy atom. The number of ether oxygens (including phenoxy) is 1. The van der Waals surface area contributed by atoms with E-state index in [1.807, 2.05) is 6.07 Å². The Labute approximate surface area is 128 Å². The van der Waals surface area contributed by atoms with Crippen LogP contribution in [0.25, 0.3) is 0 Å². The molecule has 1 atom stereocenters. The molecule has 5 heteroatoms. The van der Waals surface area contributed by atoms with E-state index in [1.54, 1.807) is 54.6 Å². The van der Waals surface area contributed by atoms with E-state index in [-0.39, 0.29) is 13.1 Å². The van der Waals surface area contributed by atoms with Crippen molar-refractivity contribution in [2.24, 2.45) is 0 Å². The molecule has 0 saturated carbocycles. The lowest BCUT2D eigenvalue weighted by Crippen LogP contribution is -2.40. The SMILES string of the molecule is COC(CN(Cc1ccccc1)C(F)(F)F)c1ccccc1. The lowest BCUT2D eigenvalue weighted by atomic mass is 10.1. The monoisotopic (exact) mass is 309 g/mol. The summed E-state index contributed by atoms with van der Waals surface area (Å²) in [6.07, 6.45) is -5.05. The molecule has 0 N–H and O–H groups in total. The summed E-state index contributed by atoms with van der Waals surface area (Å²) in [5, 5.41) is 0. The van der Waals surface area contributed by atoms with Crippen LogP contribution in [0.15, 0.2) is 60.7 Å². The van der Waals surface area contributed by atoms with Crippen LogP contribution in [0, 0.1) is 0 Å². The number of halogens is 3. The number of alkyl halides is 3. The van der Waals surface area contributed by atoms with Gasteiger partial charge in [-0.15, -0.1) is 0 Å². The van der Waals surface area contributed by atoms with Crippen molar-refractivity contribution in [3.05, 3.63) is 71.8 Å². The van der Waals surface area contributed by atoms with E-state index >= 15 is 0 Å². The Morgan fingerprint density at radius 1 is 0.955 bits per heavy atom. The van der Waals surface area contributed by atoms with Gasteiger partial charge < -0.3 is 4.74 Å². The van der Waals surface area contributed by atoms with Gasteiger partial charge in [0.15, 0.2) is 0 Å². The molecule has 2 rings (SSSR count). The van der Waals surface area contributed by atoms with Gasteiger partial charge >= 0.3 is 6.30 Å². The van der Waals surface area contributed by atoms with Crippen molar-refractivity contribution >= 4 is 0 Å². The molecule has 0 radical (unpaired) electrons. The summed E-state index contributed by atoms with van der Waals surface area (Å²) in [4.78, 5) is 0.476. The molecule has 0 aromatic heterocycles. The van der Waals surface area contributed by atoms with E-state index < -0.39 is 12.4 Å². The fourth-order valence-electron chi connectivity index (χ4n) is 2.25. The zero-order valence-electron chi connectivity index (χ0n) is 12.3. The molecule has 22 heavy (non-hydrogen) atoms. The molecule has 0 aliphatic heterocycles. The molecule has 0 spiro atoms. The highest BCUT2D eigenvalue weighted by Gasteiger charge is 2.38. The lowest BCUT2D eigenvalue weighted by Gasteiger charge is -2.28. The minimum atomic E-state index is -4.42. The molecule has 0 bridgehead atoms. The number of hydrogen-bond donors (Lipinski definition) is 0. The molecule has 118 valence electrons. The van der Waals surface area contributed by atoms with Gasteiger partial charge in [-0.25, -0.2) is 4.90 Å². The second kappa shape index (κ2) is 7.42. The lowest BCUT2D eigenvalue weighted by molar-refractivity contribution is -0.255. The van der Waals surface area contributed by atoms with Crippen LogP contribution in [-0.2, 0) is 11.3 Å². The maximum absolute atomic E-state index is 13.3. The van der Waals surface area contributed by atoms with Gasteiger partial charge in [0.1, 0.15) is 0 Å². The first-order valence-electron chi connectivity index (χ1n) is 6.94. The molecule has 2 nitrogen and oxygen atoms in total. The van der Waals surface area contributed by atoms with Crippen LogP contribution < -0.4 is 0 Å². The average Bonchev–Trinajstić information content (AvgIpc) is 2.52. The fraction of sp³-hybridized carbons (Fsp3) is 0.294. The quantitative estimate of drug-likeness (QED) is 0.734. The van der Waals surface area contributed by atoms with E-state index in [9.17, 15) is 13.2 Å². The number of benzene rings is 2. The van der Waals surface area contributed by atoms with E-state index in [0.29, 0.717) is 10.5 Å². The van der Waals surface area contributed by atoms with Gasteiger partial charge in [0.05, 0.1) is 6.10 Å². The van der Waals surface area contributed by atoms with E-state index in [2.05, 4.69) is 0 Å². The summed E-state index contributed by atoms with van der Waals surface area (Å²) < 4.78 is 45.1. The van der Waals surface area contributed by atoms with Crippen molar-refractivity contribution in [3.63, 3.8) is 0 Å². The van der Waals surface area contributed by atoms with Crippen molar-refractivity contribution in [1.82, 2.24) is 4.90 Å². The van der Waals surface area contributed by atoms with E-state index in [4.69, 9.17) is 4.74 Å². The third-order valence-corrected chi connectivity index (χ3v) is 3.42. The predicted octanol–water partition coefficient (Wildman–Crippen LogP) is 4.40. The molecule has 1 unspecified atom stereocenters. The number of hydrogen-bond acceptors (Lipinski definition) is 2. The topological polar surface area (TPSA) is 12.5 Å². The summed E-state index contributed by atoms with van der Waals surface area (Å²) in [6.45, 7) is -0.448. The van der Waals surface area contributed by atoms with Crippen LogP contribution in [0.5, 0.6) is 0 Å². The van der Waals surface area contributed by atoms with Crippen LogP contribution in [0.2, 0.25) is 0 Å². The van der Waals surface area contributed by atoms with Crippen LogP contribution in [-0.4, -0.2) is 24.9 Å². The third kappa shape index (κ3) is 4.58. The van der Waals surface area contributed by atoms with Crippen LogP contribution in [0.1, 0.15) is 17.2 Å². The maximum Gasteiger partial charge on any atom is 0.460 e. The van der Waals surface area contributed by atoms with Crippen LogP contribution >= 0.6 is 0 Å². The van der Waals surface area contributed by atoms with Gasteiger partial charge in [-0.3, -0.25) is 0 Å². The summed E-state index contributed by atoms with van der Waals surface area (Å²) >= 11 is 0. The van der Waals surface area contributed by atoms with Crippen molar-refractivity contribution in [2.75, 3.05) is 13.7 Å². The summed E-state index contributed by atoms with van der Waals surface area (Å²) in [6, 6.07) is 17.5. The van der Waals surface area contributed by atoms with Gasteiger partial charge in [0.2, 0.25) is 0 Å². The van der Waals surface area contributed by atoms with Crippen molar-refractivity contribution in [2.45, 2.75) is 18.9 Å². The van der Waals surface area contributed by atoms with Crippen molar-refractivity contribution in [1.29, 1.82) is 0 Å². The second-order valence-electron chi connectivity index (χ2n) is 4.97. The molecule has 0 aliphatic rings. The highest BCUT2D eigenvalue weighted by molar-refractivity contribution is 5.18. The van der Waals surface area contributed by atoms with E-state index in [0.717, 1.165) is 5.56 Å². The van der Waals surface area contributed by atoms with Gasteiger partial charge in [-0.05, 0) is 11.1 Å². The summed E-state index contributed by atoms with van der Waals surface area (Å²) in [5.41, 5.74) is 1.34. The molecule has 2 aromatic carbocycles. The summed E-state index contributed by atoms with van der Waals surface area (Å²) in [5.74, 6) is 0. The van der Waals surface area contributed by atoms with E-state index in [1.165, 1.54) is 7.11 Å². The Hall–Kier alpha value is -1.85. The first-order chi connectivity index (χ1) is 10.5. The van der Waals surface area contributed by atoms with Gasteiger partial charge in [-0.1, -0.05) is 60.7 Å². The average molecular weight is 309 g/mol. The first-order valence-corrected chi connectivity index (χ1v) is 6.94. The van der Waals surface area contributed by atoms with Crippen molar-refractivity contribution in [3.8, 4) is 0 Å². The zero-order valence-corrected chi connectivity index (χ0v) is 12.3. The Kier molecular flexibility index (Phi) is 5.57. The largest absolute Gasteiger partial charge is 0.460 e. The molecule has 2 aromatic rings. The molecule has 0 amide bonds. The van der Waals surface area contributed by atoms with Gasteiger partial charge in [-0.2, -0.15) is 13.2 Å². The maximum atomic E-state index is 13.3. The molecule has 0 saturated heterocycles. The highest BCUT2D eigenvalue weighted by Crippen LogP contribution is 2.28. The van der Waals surface area contributed by atoms with Gasteiger partial charge in [0.25, 0.3) is 0 Å². The minimum absolute atomic E-state index is 0.197. The molecular weight excluding hydrogens is 291 g/mol. The molecular formula is C17H18F3NO. The zero-order chi connectivity index (χ0) is 16.0. The van der Waals surface area contributed by atoms with Crippen LogP contribution in [0.4, 0.5) is 13.2 Å². The van der Waals surface area contributed by atoms with Crippen molar-refractivity contribution < 1.29 is 17.9 Å². The fourth-order valence-corrected chi connectivity index (χ4v) is 2.25. The Balaban J connectivity index is 2.15. The summed E-state index contributed by atoms with van der Waals surface area (Å²) in [7, 11) is 1.43. The number of rotatable bonds is 6. The molecule has 0 aliphatic carbocycles. The smallest absolute Gasteiger partial charge is 0.375 e. The first kappa shape index (κ1) is 16.5. The molecule has 0 heterocycles. The second-order valence-corrected chi connectivity index (χ2v) is 4.97. The highest BCUT2D eigenvalue weighted by atomic mass is 19.4. The molecule has 0 fully saturated rings. The third-order valence-electron chi connectivity index (χ3n) is 3.42. The predicted molar refractivity (Wildman–Crippen MR) is 79.1 cm³/mol. The number of nitrogens with zero attached hydrogens (tertiary/aromatic N) is 1. The standard InChI is InChI=1S/C17H18F3NO/c1-22-16(15-10-6-3-7-11-15)13-21(17(18,19)20)12-14-8-4-2-5-9-14/h2-11,16H,12-13H2,1H3. The normalized spacial score (nSPS) is 13.3. The Morgan fingerprint density at radius 2 is 1.50 bits per heavy atom. The van der Waals surface area contributed by atoms with Gasteiger partial charge in [0, 0.05) is 20.2 Å². The number of methoxy groups -OCH3 is 1. The minimum Gasteiger partial charge on any atom is -0.375 e. The Bertz CT molecular complexity index is 557.